The Morgan fingerprint density at radius 1 is 1.31 bits per heavy atom. The highest BCUT2D eigenvalue weighted by Crippen LogP contribution is 2.26. The molecule has 0 fully saturated rings. The van der Waals surface area contributed by atoms with E-state index in [0.717, 1.165) is 24.3 Å². The van der Waals surface area contributed by atoms with E-state index in [-0.39, 0.29) is 0 Å². The van der Waals surface area contributed by atoms with Crippen LogP contribution in [0.1, 0.15) is 12.0 Å². The molecule has 1 N–H and O–H groups in total. The number of rotatable bonds is 4. The summed E-state index contributed by atoms with van der Waals surface area (Å²) in [6, 6.07) is 6.46. The normalized spacial score (nSPS) is 18.2. The van der Waals surface area contributed by atoms with Gasteiger partial charge in [0.1, 0.15) is 11.5 Å². The molecule has 16 heavy (non-hydrogen) atoms. The molecule has 0 aliphatic carbocycles. The van der Waals surface area contributed by atoms with Crippen LogP contribution >= 0.6 is 0 Å². The number of nitrogens with one attached hydrogen (secondary N) is 1. The lowest BCUT2D eigenvalue weighted by atomic mass is 10.0. The Morgan fingerprint density at radius 3 is 2.81 bits per heavy atom. The Balaban J connectivity index is 2.12. The fraction of sp³-hybridized carbons (Fsp3) is 0.385. The van der Waals surface area contributed by atoms with Gasteiger partial charge in [0.15, 0.2) is 0 Å². The van der Waals surface area contributed by atoms with Gasteiger partial charge < -0.3 is 14.8 Å². The largest absolute Gasteiger partial charge is 0.497 e. The average molecular weight is 219 g/mol. The molecule has 0 bridgehead atoms. The van der Waals surface area contributed by atoms with E-state index in [1.54, 1.807) is 14.2 Å². The lowest BCUT2D eigenvalue weighted by molar-refractivity contribution is 0.389. The third-order valence-electron chi connectivity index (χ3n) is 2.83. The van der Waals surface area contributed by atoms with Gasteiger partial charge >= 0.3 is 0 Å². The zero-order chi connectivity index (χ0) is 11.4. The molecule has 2 rings (SSSR count). The minimum absolute atomic E-state index is 0.488. The number of ether oxygens (including phenoxy) is 2. The molecular weight excluding hydrogens is 202 g/mol. The maximum Gasteiger partial charge on any atom is 0.125 e. The van der Waals surface area contributed by atoms with Crippen molar-refractivity contribution in [3.8, 4) is 11.5 Å². The van der Waals surface area contributed by atoms with E-state index in [9.17, 15) is 0 Å². The Bertz CT molecular complexity index is 380. The van der Waals surface area contributed by atoms with Crippen LogP contribution in [0, 0.1) is 0 Å². The van der Waals surface area contributed by atoms with Gasteiger partial charge in [-0.3, -0.25) is 0 Å². The summed E-state index contributed by atoms with van der Waals surface area (Å²) in [7, 11) is 3.36. The van der Waals surface area contributed by atoms with Gasteiger partial charge in [-0.25, -0.2) is 0 Å². The topological polar surface area (TPSA) is 30.5 Å². The van der Waals surface area contributed by atoms with Crippen LogP contribution in [0.15, 0.2) is 30.5 Å². The number of hydrogen-bond donors (Lipinski definition) is 1. The molecule has 0 saturated heterocycles. The minimum Gasteiger partial charge on any atom is -0.497 e. The van der Waals surface area contributed by atoms with Gasteiger partial charge in [0.25, 0.3) is 0 Å². The van der Waals surface area contributed by atoms with E-state index >= 15 is 0 Å². The molecule has 1 atom stereocenters. The van der Waals surface area contributed by atoms with Crippen molar-refractivity contribution < 1.29 is 9.47 Å². The van der Waals surface area contributed by atoms with Crippen LogP contribution < -0.4 is 14.8 Å². The van der Waals surface area contributed by atoms with E-state index in [0.29, 0.717) is 6.04 Å². The zero-order valence-electron chi connectivity index (χ0n) is 9.69. The second kappa shape index (κ2) is 4.92. The highest BCUT2D eigenvalue weighted by molar-refractivity contribution is 5.41. The van der Waals surface area contributed by atoms with Crippen molar-refractivity contribution in [1.82, 2.24) is 5.32 Å². The Kier molecular flexibility index (Phi) is 3.34. The molecule has 0 amide bonds. The molecule has 0 radical (unpaired) electrons. The third-order valence-corrected chi connectivity index (χ3v) is 2.83. The van der Waals surface area contributed by atoms with Crippen molar-refractivity contribution in [3.05, 3.63) is 36.0 Å². The molecule has 3 nitrogen and oxygen atoms in total. The Morgan fingerprint density at radius 2 is 2.19 bits per heavy atom. The predicted octanol–water partition coefficient (Wildman–Crippen LogP) is 2.12. The predicted molar refractivity (Wildman–Crippen MR) is 63.9 cm³/mol. The molecule has 1 unspecified atom stereocenters. The summed E-state index contributed by atoms with van der Waals surface area (Å²) >= 11 is 0. The molecule has 1 aliphatic heterocycles. The lowest BCUT2D eigenvalue weighted by Crippen LogP contribution is -2.21. The van der Waals surface area contributed by atoms with Crippen molar-refractivity contribution >= 4 is 0 Å². The quantitative estimate of drug-likeness (QED) is 0.841. The van der Waals surface area contributed by atoms with Crippen LogP contribution in [0.4, 0.5) is 0 Å². The van der Waals surface area contributed by atoms with Gasteiger partial charge in [-0.2, -0.15) is 0 Å². The summed E-state index contributed by atoms with van der Waals surface area (Å²) < 4.78 is 10.5. The molecule has 1 aliphatic rings. The highest BCUT2D eigenvalue weighted by Gasteiger charge is 2.13. The number of hydrogen-bond acceptors (Lipinski definition) is 3. The maximum absolute atomic E-state index is 5.37. The van der Waals surface area contributed by atoms with Crippen molar-refractivity contribution in [1.29, 1.82) is 0 Å². The standard InChI is InChI=1S/C13H17NO2/c1-15-12-6-5-10(13(9-12)16-2)8-11-4-3-7-14-11/h3,5-7,9,11,14H,4,8H2,1-2H3. The van der Waals surface area contributed by atoms with Crippen LogP contribution in [0.5, 0.6) is 11.5 Å². The van der Waals surface area contributed by atoms with Crippen molar-refractivity contribution in [2.75, 3.05) is 14.2 Å². The minimum atomic E-state index is 0.488. The fourth-order valence-electron chi connectivity index (χ4n) is 1.93. The molecule has 1 aromatic rings. The molecule has 3 heteroatoms. The van der Waals surface area contributed by atoms with E-state index in [1.165, 1.54) is 5.56 Å². The molecular formula is C13H17NO2. The molecule has 1 aromatic carbocycles. The van der Waals surface area contributed by atoms with Crippen LogP contribution in [-0.2, 0) is 6.42 Å². The smallest absolute Gasteiger partial charge is 0.125 e. The van der Waals surface area contributed by atoms with E-state index in [2.05, 4.69) is 17.5 Å². The molecule has 86 valence electrons. The van der Waals surface area contributed by atoms with Crippen molar-refractivity contribution in [2.24, 2.45) is 0 Å². The number of benzene rings is 1. The summed E-state index contributed by atoms with van der Waals surface area (Å²) in [4.78, 5) is 0. The number of methoxy groups -OCH3 is 2. The fourth-order valence-corrected chi connectivity index (χ4v) is 1.93. The second-order valence-corrected chi connectivity index (χ2v) is 3.88. The Labute approximate surface area is 96.1 Å². The van der Waals surface area contributed by atoms with Crippen LogP contribution in [0.25, 0.3) is 0 Å². The summed E-state index contributed by atoms with van der Waals surface area (Å²) in [6.45, 7) is 0. The van der Waals surface area contributed by atoms with Gasteiger partial charge in [-0.15, -0.1) is 0 Å². The monoisotopic (exact) mass is 219 g/mol. The first-order valence-corrected chi connectivity index (χ1v) is 5.45. The SMILES string of the molecule is COc1ccc(CC2CC=CN2)c(OC)c1. The highest BCUT2D eigenvalue weighted by atomic mass is 16.5. The second-order valence-electron chi connectivity index (χ2n) is 3.88. The van der Waals surface area contributed by atoms with Gasteiger partial charge in [0, 0.05) is 12.1 Å². The maximum atomic E-state index is 5.37. The molecule has 1 heterocycles. The van der Waals surface area contributed by atoms with E-state index in [1.807, 2.05) is 18.3 Å². The van der Waals surface area contributed by atoms with Gasteiger partial charge in [0.2, 0.25) is 0 Å². The van der Waals surface area contributed by atoms with Gasteiger partial charge in [0.05, 0.1) is 14.2 Å². The zero-order valence-corrected chi connectivity index (χ0v) is 9.69. The summed E-state index contributed by atoms with van der Waals surface area (Å²) in [5, 5.41) is 3.32. The van der Waals surface area contributed by atoms with Crippen LogP contribution in [0.2, 0.25) is 0 Å². The van der Waals surface area contributed by atoms with E-state index < -0.39 is 0 Å². The van der Waals surface area contributed by atoms with E-state index in [4.69, 9.17) is 9.47 Å². The first-order chi connectivity index (χ1) is 7.83. The Hall–Kier alpha value is -1.64. The molecule has 0 spiro atoms. The third kappa shape index (κ3) is 2.30. The molecule has 0 saturated carbocycles. The van der Waals surface area contributed by atoms with Gasteiger partial charge in [-0.1, -0.05) is 12.1 Å². The molecule has 0 aromatic heterocycles. The van der Waals surface area contributed by atoms with Crippen LogP contribution in [-0.4, -0.2) is 20.3 Å². The summed E-state index contributed by atoms with van der Waals surface area (Å²) in [5.41, 5.74) is 1.21. The summed E-state index contributed by atoms with van der Waals surface area (Å²) in [6.07, 6.45) is 6.22. The first-order valence-electron chi connectivity index (χ1n) is 5.45. The summed E-state index contributed by atoms with van der Waals surface area (Å²) in [5.74, 6) is 1.73. The van der Waals surface area contributed by atoms with Crippen molar-refractivity contribution in [3.63, 3.8) is 0 Å². The lowest BCUT2D eigenvalue weighted by Gasteiger charge is -2.14. The van der Waals surface area contributed by atoms with Gasteiger partial charge in [-0.05, 0) is 30.7 Å². The van der Waals surface area contributed by atoms with Crippen LogP contribution in [0.3, 0.4) is 0 Å². The first kappa shape index (κ1) is 10.9. The average Bonchev–Trinajstić information content (AvgIpc) is 2.82. The van der Waals surface area contributed by atoms with Crippen molar-refractivity contribution in [2.45, 2.75) is 18.9 Å².